The van der Waals surface area contributed by atoms with Gasteiger partial charge in [-0.05, 0) is 35.9 Å². The molecule has 0 fully saturated rings. The Hall–Kier alpha value is -3.66. The number of fused-ring (bicyclic) bond motifs is 1. The molecule has 0 unspecified atom stereocenters. The summed E-state index contributed by atoms with van der Waals surface area (Å²) in [5.74, 6) is 0.523. The van der Waals surface area contributed by atoms with Crippen molar-refractivity contribution in [2.75, 3.05) is 12.4 Å². The summed E-state index contributed by atoms with van der Waals surface area (Å²) in [7, 11) is 1.63. The predicted molar refractivity (Wildman–Crippen MR) is 108 cm³/mol. The first-order valence-electron chi connectivity index (χ1n) is 8.65. The van der Waals surface area contributed by atoms with Gasteiger partial charge in [0.05, 0.1) is 12.6 Å². The fourth-order valence-corrected chi connectivity index (χ4v) is 3.01. The molecule has 0 radical (unpaired) electrons. The van der Waals surface area contributed by atoms with Gasteiger partial charge in [-0.2, -0.15) is 0 Å². The monoisotopic (exact) mass is 354 g/mol. The molecular formula is C23H18N2O2. The summed E-state index contributed by atoms with van der Waals surface area (Å²) in [4.78, 5) is 17.2. The molecule has 4 rings (SSSR count). The smallest absolute Gasteiger partial charge is 0.274 e. The SMILES string of the molecule is COc1ccc2nc(C(=O)Nc3ccccc3-c3ccccc3)ccc2c1. The summed E-state index contributed by atoms with van der Waals surface area (Å²) in [6.07, 6.45) is 0. The Bertz CT molecular complexity index is 1110. The highest BCUT2D eigenvalue weighted by Gasteiger charge is 2.12. The third-order valence-corrected chi connectivity index (χ3v) is 4.39. The van der Waals surface area contributed by atoms with Crippen LogP contribution in [-0.4, -0.2) is 18.0 Å². The fourth-order valence-electron chi connectivity index (χ4n) is 3.01. The van der Waals surface area contributed by atoms with E-state index in [1.54, 1.807) is 13.2 Å². The van der Waals surface area contributed by atoms with E-state index >= 15 is 0 Å². The molecule has 4 heteroatoms. The van der Waals surface area contributed by atoms with Crippen molar-refractivity contribution in [2.24, 2.45) is 0 Å². The minimum Gasteiger partial charge on any atom is -0.497 e. The van der Waals surface area contributed by atoms with Crippen LogP contribution in [0.15, 0.2) is 84.9 Å². The van der Waals surface area contributed by atoms with Crippen molar-refractivity contribution in [3.8, 4) is 16.9 Å². The van der Waals surface area contributed by atoms with Gasteiger partial charge in [0.2, 0.25) is 0 Å². The first-order chi connectivity index (χ1) is 13.2. The number of aromatic nitrogens is 1. The van der Waals surface area contributed by atoms with Gasteiger partial charge in [-0.1, -0.05) is 54.6 Å². The van der Waals surface area contributed by atoms with Crippen LogP contribution < -0.4 is 10.1 Å². The molecule has 0 aliphatic rings. The average molecular weight is 354 g/mol. The Morgan fingerprint density at radius 3 is 2.48 bits per heavy atom. The number of amides is 1. The van der Waals surface area contributed by atoms with Gasteiger partial charge in [-0.15, -0.1) is 0 Å². The van der Waals surface area contributed by atoms with Crippen molar-refractivity contribution >= 4 is 22.5 Å². The van der Waals surface area contributed by atoms with Gasteiger partial charge in [0.15, 0.2) is 0 Å². The summed E-state index contributed by atoms with van der Waals surface area (Å²) in [5.41, 5.74) is 3.89. The number of carbonyl (C=O) groups is 1. The van der Waals surface area contributed by atoms with E-state index < -0.39 is 0 Å². The normalized spacial score (nSPS) is 10.6. The Labute approximate surface area is 157 Å². The Morgan fingerprint density at radius 2 is 1.67 bits per heavy atom. The van der Waals surface area contributed by atoms with Gasteiger partial charge in [-0.25, -0.2) is 4.98 Å². The minimum atomic E-state index is -0.240. The van der Waals surface area contributed by atoms with E-state index in [2.05, 4.69) is 10.3 Å². The lowest BCUT2D eigenvalue weighted by Gasteiger charge is -2.11. The van der Waals surface area contributed by atoms with Gasteiger partial charge in [-0.3, -0.25) is 4.79 Å². The van der Waals surface area contributed by atoms with Gasteiger partial charge in [0.25, 0.3) is 5.91 Å². The number of hydrogen-bond donors (Lipinski definition) is 1. The van der Waals surface area contributed by atoms with Crippen LogP contribution in [0.4, 0.5) is 5.69 Å². The molecule has 27 heavy (non-hydrogen) atoms. The summed E-state index contributed by atoms with van der Waals surface area (Å²) in [6.45, 7) is 0. The largest absolute Gasteiger partial charge is 0.497 e. The molecule has 0 spiro atoms. The van der Waals surface area contributed by atoms with Crippen LogP contribution in [-0.2, 0) is 0 Å². The second-order valence-corrected chi connectivity index (χ2v) is 6.12. The van der Waals surface area contributed by atoms with Gasteiger partial charge in [0, 0.05) is 16.6 Å². The number of anilines is 1. The molecule has 1 heterocycles. The molecule has 0 aliphatic heterocycles. The number of hydrogen-bond acceptors (Lipinski definition) is 3. The van der Waals surface area contributed by atoms with Crippen molar-refractivity contribution in [2.45, 2.75) is 0 Å². The summed E-state index contributed by atoms with van der Waals surface area (Å²) in [6, 6.07) is 26.9. The third kappa shape index (κ3) is 3.51. The van der Waals surface area contributed by atoms with E-state index in [0.717, 1.165) is 33.5 Å². The third-order valence-electron chi connectivity index (χ3n) is 4.39. The zero-order valence-corrected chi connectivity index (χ0v) is 14.8. The van der Waals surface area contributed by atoms with Crippen molar-refractivity contribution < 1.29 is 9.53 Å². The van der Waals surface area contributed by atoms with Crippen LogP contribution in [0.2, 0.25) is 0 Å². The average Bonchev–Trinajstić information content (AvgIpc) is 2.74. The highest BCUT2D eigenvalue weighted by Crippen LogP contribution is 2.28. The van der Waals surface area contributed by atoms with E-state index in [0.29, 0.717) is 5.69 Å². The van der Waals surface area contributed by atoms with Crippen LogP contribution in [0.1, 0.15) is 10.5 Å². The van der Waals surface area contributed by atoms with Gasteiger partial charge < -0.3 is 10.1 Å². The van der Waals surface area contributed by atoms with Crippen LogP contribution in [0.5, 0.6) is 5.75 Å². The van der Waals surface area contributed by atoms with Crippen LogP contribution in [0.3, 0.4) is 0 Å². The van der Waals surface area contributed by atoms with Crippen molar-refractivity contribution in [3.63, 3.8) is 0 Å². The molecule has 0 aliphatic carbocycles. The summed E-state index contributed by atoms with van der Waals surface area (Å²) >= 11 is 0. The maximum atomic E-state index is 12.8. The minimum absolute atomic E-state index is 0.240. The fraction of sp³-hybridized carbons (Fsp3) is 0.0435. The number of carbonyl (C=O) groups excluding carboxylic acids is 1. The molecule has 4 aromatic rings. The number of nitrogens with one attached hydrogen (secondary N) is 1. The van der Waals surface area contributed by atoms with Gasteiger partial charge in [0.1, 0.15) is 11.4 Å². The molecule has 0 bridgehead atoms. The van der Waals surface area contributed by atoms with Crippen LogP contribution in [0, 0.1) is 0 Å². The maximum Gasteiger partial charge on any atom is 0.274 e. The number of para-hydroxylation sites is 1. The highest BCUT2D eigenvalue weighted by molar-refractivity contribution is 6.06. The molecule has 0 saturated carbocycles. The van der Waals surface area contributed by atoms with Crippen LogP contribution >= 0.6 is 0 Å². The maximum absolute atomic E-state index is 12.8. The number of rotatable bonds is 4. The van der Waals surface area contributed by atoms with E-state index in [4.69, 9.17) is 4.74 Å². The van der Waals surface area contributed by atoms with Crippen molar-refractivity contribution in [1.29, 1.82) is 0 Å². The predicted octanol–water partition coefficient (Wildman–Crippen LogP) is 5.16. The molecule has 1 aromatic heterocycles. The molecule has 3 aromatic carbocycles. The Morgan fingerprint density at radius 1 is 0.889 bits per heavy atom. The molecule has 0 atom stereocenters. The number of nitrogens with zero attached hydrogens (tertiary/aromatic N) is 1. The molecular weight excluding hydrogens is 336 g/mol. The zero-order valence-electron chi connectivity index (χ0n) is 14.8. The molecule has 1 N–H and O–H groups in total. The second-order valence-electron chi connectivity index (χ2n) is 6.12. The molecule has 0 saturated heterocycles. The lowest BCUT2D eigenvalue weighted by molar-refractivity contribution is 0.102. The first-order valence-corrected chi connectivity index (χ1v) is 8.65. The van der Waals surface area contributed by atoms with Crippen molar-refractivity contribution in [1.82, 2.24) is 4.98 Å². The Balaban J connectivity index is 1.64. The number of pyridine rings is 1. The Kier molecular flexibility index (Phi) is 4.54. The van der Waals surface area contributed by atoms with E-state index in [1.165, 1.54) is 0 Å². The highest BCUT2D eigenvalue weighted by atomic mass is 16.5. The summed E-state index contributed by atoms with van der Waals surface area (Å²) in [5, 5.41) is 3.91. The standard InChI is InChI=1S/C23H18N2O2/c1-27-18-12-14-20-17(15-18)11-13-22(24-20)23(26)25-21-10-6-5-9-19(21)16-7-3-2-4-8-16/h2-15H,1H3,(H,25,26). The lowest BCUT2D eigenvalue weighted by atomic mass is 10.0. The summed E-state index contributed by atoms with van der Waals surface area (Å²) < 4.78 is 5.23. The number of benzene rings is 3. The first kappa shape index (κ1) is 16.8. The quantitative estimate of drug-likeness (QED) is 0.550. The number of methoxy groups -OCH3 is 1. The number of ether oxygens (including phenoxy) is 1. The molecule has 1 amide bonds. The second kappa shape index (κ2) is 7.30. The molecule has 132 valence electrons. The lowest BCUT2D eigenvalue weighted by Crippen LogP contribution is -2.14. The van der Waals surface area contributed by atoms with Crippen LogP contribution in [0.25, 0.3) is 22.0 Å². The van der Waals surface area contributed by atoms with Gasteiger partial charge >= 0.3 is 0 Å². The van der Waals surface area contributed by atoms with Crippen molar-refractivity contribution in [3.05, 3.63) is 90.6 Å². The topological polar surface area (TPSA) is 51.2 Å². The van der Waals surface area contributed by atoms with E-state index in [9.17, 15) is 4.79 Å². The molecule has 4 nitrogen and oxygen atoms in total. The van der Waals surface area contributed by atoms with E-state index in [-0.39, 0.29) is 5.91 Å². The zero-order chi connectivity index (χ0) is 18.6. The van der Waals surface area contributed by atoms with E-state index in [1.807, 2.05) is 78.9 Å².